The highest BCUT2D eigenvalue weighted by Gasteiger charge is 1.98. The molecule has 0 N–H and O–H groups in total. The van der Waals surface area contributed by atoms with Gasteiger partial charge in [-0.2, -0.15) is 0 Å². The molecule has 0 saturated carbocycles. The summed E-state index contributed by atoms with van der Waals surface area (Å²) in [4.78, 5) is 0. The minimum Gasteiger partial charge on any atom is -0.100 e. The van der Waals surface area contributed by atoms with E-state index in [1.165, 1.54) is 17.0 Å². The molecule has 0 heterocycles. The van der Waals surface area contributed by atoms with Crippen molar-refractivity contribution in [3.05, 3.63) is 24.0 Å². The Labute approximate surface area is 72.6 Å². The molecule has 1 heteroatoms. The SMILES string of the molecule is C=C(C)CCPC(=C)C(C)C. The molecule has 0 fully saturated rings. The summed E-state index contributed by atoms with van der Waals surface area (Å²) in [6.07, 6.45) is 2.40. The van der Waals surface area contributed by atoms with Crippen molar-refractivity contribution in [3.8, 4) is 0 Å². The molecule has 0 aromatic heterocycles. The summed E-state index contributed by atoms with van der Waals surface area (Å²) in [5.74, 6) is 0.651. The summed E-state index contributed by atoms with van der Waals surface area (Å²) in [5, 5.41) is 1.39. The Morgan fingerprint density at radius 1 is 1.36 bits per heavy atom. The standard InChI is InChI=1S/C10H19P/c1-8(2)6-7-11-10(5)9(3)4/h9,11H,1,5-7H2,2-4H3. The Balaban J connectivity index is 3.39. The van der Waals surface area contributed by atoms with Crippen molar-refractivity contribution >= 4 is 8.58 Å². The molecule has 0 aliphatic rings. The minimum absolute atomic E-state index is 0.651. The molecule has 0 saturated heterocycles. The zero-order valence-electron chi connectivity index (χ0n) is 7.91. The van der Waals surface area contributed by atoms with Gasteiger partial charge in [0.05, 0.1) is 0 Å². The molecular formula is C10H19P. The second-order valence-electron chi connectivity index (χ2n) is 3.31. The number of hydrogen-bond acceptors (Lipinski definition) is 0. The lowest BCUT2D eigenvalue weighted by molar-refractivity contribution is 0.817. The van der Waals surface area contributed by atoms with Crippen LogP contribution in [0.25, 0.3) is 0 Å². The molecule has 1 atom stereocenters. The van der Waals surface area contributed by atoms with Gasteiger partial charge in [-0.3, -0.25) is 0 Å². The molecule has 0 bridgehead atoms. The van der Waals surface area contributed by atoms with E-state index in [0.29, 0.717) is 5.92 Å². The zero-order chi connectivity index (χ0) is 8.85. The summed E-state index contributed by atoms with van der Waals surface area (Å²) in [6.45, 7) is 14.4. The topological polar surface area (TPSA) is 0 Å². The summed E-state index contributed by atoms with van der Waals surface area (Å²) in [7, 11) is 0.924. The van der Waals surface area contributed by atoms with Gasteiger partial charge in [0.1, 0.15) is 0 Å². The lowest BCUT2D eigenvalue weighted by atomic mass is 10.2. The third-order valence-corrected chi connectivity index (χ3v) is 3.13. The molecule has 0 rings (SSSR count). The van der Waals surface area contributed by atoms with Crippen LogP contribution in [-0.2, 0) is 0 Å². The molecule has 1 unspecified atom stereocenters. The minimum atomic E-state index is 0.651. The van der Waals surface area contributed by atoms with Gasteiger partial charge in [0, 0.05) is 0 Å². The number of allylic oxidation sites excluding steroid dienone is 2. The Kier molecular flexibility index (Phi) is 5.50. The first kappa shape index (κ1) is 10.9. The lowest BCUT2D eigenvalue weighted by Crippen LogP contribution is -1.87. The number of hydrogen-bond donors (Lipinski definition) is 0. The van der Waals surface area contributed by atoms with Crippen molar-refractivity contribution < 1.29 is 0 Å². The predicted octanol–water partition coefficient (Wildman–Crippen LogP) is 3.80. The van der Waals surface area contributed by atoms with E-state index in [4.69, 9.17) is 0 Å². The maximum Gasteiger partial charge on any atom is -0.0223 e. The van der Waals surface area contributed by atoms with E-state index in [1.54, 1.807) is 0 Å². The highest BCUT2D eigenvalue weighted by Crippen LogP contribution is 2.29. The van der Waals surface area contributed by atoms with Gasteiger partial charge in [0.15, 0.2) is 0 Å². The van der Waals surface area contributed by atoms with Crippen LogP contribution in [0.3, 0.4) is 0 Å². The van der Waals surface area contributed by atoms with Gasteiger partial charge >= 0.3 is 0 Å². The van der Waals surface area contributed by atoms with Crippen LogP contribution in [0, 0.1) is 5.92 Å². The molecule has 64 valence electrons. The fourth-order valence-electron chi connectivity index (χ4n) is 0.641. The van der Waals surface area contributed by atoms with E-state index in [0.717, 1.165) is 15.0 Å². The molecule has 0 aromatic rings. The van der Waals surface area contributed by atoms with Crippen LogP contribution < -0.4 is 0 Å². The van der Waals surface area contributed by atoms with Crippen LogP contribution in [0.4, 0.5) is 0 Å². The summed E-state index contributed by atoms with van der Waals surface area (Å²) < 4.78 is 0. The third-order valence-electron chi connectivity index (χ3n) is 1.60. The highest BCUT2D eigenvalue weighted by atomic mass is 31.1. The quantitative estimate of drug-likeness (QED) is 0.435. The van der Waals surface area contributed by atoms with Crippen LogP contribution in [-0.4, -0.2) is 6.16 Å². The zero-order valence-corrected chi connectivity index (χ0v) is 8.91. The first-order valence-electron chi connectivity index (χ1n) is 4.11. The molecule has 0 aliphatic heterocycles. The van der Waals surface area contributed by atoms with Crippen molar-refractivity contribution in [1.82, 2.24) is 0 Å². The monoisotopic (exact) mass is 170 g/mol. The highest BCUT2D eigenvalue weighted by molar-refractivity contribution is 7.43. The third kappa shape index (κ3) is 6.31. The van der Waals surface area contributed by atoms with Crippen molar-refractivity contribution in [2.45, 2.75) is 27.2 Å². The van der Waals surface area contributed by atoms with E-state index in [9.17, 15) is 0 Å². The molecule has 0 radical (unpaired) electrons. The summed E-state index contributed by atoms with van der Waals surface area (Å²) >= 11 is 0. The molecule has 0 amide bonds. The van der Waals surface area contributed by atoms with Crippen LogP contribution in [0.2, 0.25) is 0 Å². The maximum absolute atomic E-state index is 4.03. The van der Waals surface area contributed by atoms with E-state index in [-0.39, 0.29) is 0 Å². The van der Waals surface area contributed by atoms with E-state index in [1.807, 2.05) is 0 Å². The van der Waals surface area contributed by atoms with Crippen molar-refractivity contribution in [2.24, 2.45) is 5.92 Å². The van der Waals surface area contributed by atoms with E-state index < -0.39 is 0 Å². The Morgan fingerprint density at radius 3 is 2.27 bits per heavy atom. The molecular weight excluding hydrogens is 151 g/mol. The second kappa shape index (κ2) is 5.55. The average molecular weight is 170 g/mol. The lowest BCUT2D eigenvalue weighted by Gasteiger charge is -2.08. The predicted molar refractivity (Wildman–Crippen MR) is 56.6 cm³/mol. The molecule has 0 spiro atoms. The molecule has 0 aliphatic carbocycles. The Bertz CT molecular complexity index is 145. The first-order valence-corrected chi connectivity index (χ1v) is 5.31. The largest absolute Gasteiger partial charge is 0.100 e. The fourth-order valence-corrected chi connectivity index (χ4v) is 1.92. The van der Waals surface area contributed by atoms with Gasteiger partial charge in [-0.05, 0) is 25.4 Å². The fraction of sp³-hybridized carbons (Fsp3) is 0.600. The molecule has 11 heavy (non-hydrogen) atoms. The van der Waals surface area contributed by atoms with Crippen LogP contribution in [0.5, 0.6) is 0 Å². The van der Waals surface area contributed by atoms with Crippen molar-refractivity contribution in [1.29, 1.82) is 0 Å². The van der Waals surface area contributed by atoms with Gasteiger partial charge in [0.2, 0.25) is 0 Å². The smallest absolute Gasteiger partial charge is 0.0223 e. The van der Waals surface area contributed by atoms with Gasteiger partial charge in [-0.1, -0.05) is 39.9 Å². The van der Waals surface area contributed by atoms with Crippen LogP contribution in [0.15, 0.2) is 24.0 Å². The second-order valence-corrected chi connectivity index (χ2v) is 4.81. The molecule has 0 nitrogen and oxygen atoms in total. The Morgan fingerprint density at radius 2 is 1.91 bits per heavy atom. The van der Waals surface area contributed by atoms with Crippen molar-refractivity contribution in [2.75, 3.05) is 6.16 Å². The normalized spacial score (nSPS) is 11.3. The van der Waals surface area contributed by atoms with Gasteiger partial charge in [-0.15, -0.1) is 6.58 Å². The number of rotatable bonds is 5. The van der Waals surface area contributed by atoms with Crippen LogP contribution >= 0.6 is 8.58 Å². The maximum atomic E-state index is 4.03. The molecule has 0 aromatic carbocycles. The van der Waals surface area contributed by atoms with Gasteiger partial charge in [-0.25, -0.2) is 0 Å². The van der Waals surface area contributed by atoms with Gasteiger partial charge < -0.3 is 0 Å². The van der Waals surface area contributed by atoms with Crippen molar-refractivity contribution in [3.63, 3.8) is 0 Å². The summed E-state index contributed by atoms with van der Waals surface area (Å²) in [5.41, 5.74) is 1.29. The van der Waals surface area contributed by atoms with Crippen LogP contribution in [0.1, 0.15) is 27.2 Å². The summed E-state index contributed by atoms with van der Waals surface area (Å²) in [6, 6.07) is 0. The average Bonchev–Trinajstić information content (AvgIpc) is 1.86. The van der Waals surface area contributed by atoms with E-state index >= 15 is 0 Å². The Hall–Kier alpha value is -0.0900. The first-order chi connectivity index (χ1) is 5.04. The van der Waals surface area contributed by atoms with E-state index in [2.05, 4.69) is 33.9 Å². The van der Waals surface area contributed by atoms with Gasteiger partial charge in [0.25, 0.3) is 0 Å².